The highest BCUT2D eigenvalue weighted by Crippen LogP contribution is 1.85. The smallest absolute Gasteiger partial charge is 0.301 e. The Labute approximate surface area is 77.6 Å². The van der Waals surface area contributed by atoms with E-state index in [4.69, 9.17) is 0 Å². The molecule has 0 saturated carbocycles. The Morgan fingerprint density at radius 3 is 1.67 bits per heavy atom. The van der Waals surface area contributed by atoms with Crippen LogP contribution in [0.5, 0.6) is 0 Å². The minimum absolute atomic E-state index is 0.475. The Bertz CT molecular complexity index is 78.6. The van der Waals surface area contributed by atoms with Crippen LogP contribution in [0.1, 0.15) is 39.5 Å². The van der Waals surface area contributed by atoms with Gasteiger partial charge in [-0.2, -0.15) is 0 Å². The Morgan fingerprint density at radius 1 is 0.917 bits per heavy atom. The molecule has 0 heterocycles. The normalized spacial score (nSPS) is 10.2. The fourth-order valence-corrected chi connectivity index (χ4v) is 1.06. The van der Waals surface area contributed by atoms with Gasteiger partial charge in [0.15, 0.2) is 0 Å². The van der Waals surface area contributed by atoms with Gasteiger partial charge in [0, 0.05) is 0 Å². The zero-order chi connectivity index (χ0) is 9.23. The van der Waals surface area contributed by atoms with E-state index in [9.17, 15) is 0 Å². The van der Waals surface area contributed by atoms with E-state index in [2.05, 4.69) is 31.1 Å². The number of unbranched alkanes of at least 4 members (excludes halogenated alkanes) is 2. The van der Waals surface area contributed by atoms with Crippen molar-refractivity contribution in [1.82, 2.24) is 10.5 Å². The summed E-state index contributed by atoms with van der Waals surface area (Å²) < 4.78 is 0. The molecule has 0 aromatic rings. The number of nitrogens with one attached hydrogen (secondary N) is 2. The third-order valence-electron chi connectivity index (χ3n) is 1.96. The van der Waals surface area contributed by atoms with Crippen LogP contribution in [0.4, 0.5) is 0 Å². The van der Waals surface area contributed by atoms with Crippen LogP contribution in [-0.4, -0.2) is 20.1 Å². The van der Waals surface area contributed by atoms with E-state index in [1.54, 1.807) is 0 Å². The van der Waals surface area contributed by atoms with E-state index in [0.29, 0.717) is 6.98 Å². The minimum Gasteiger partial charge on any atom is -0.342 e. The lowest BCUT2D eigenvalue weighted by molar-refractivity contribution is 0.723. The highest BCUT2D eigenvalue weighted by atomic mass is 14.9. The van der Waals surface area contributed by atoms with Gasteiger partial charge in [0.25, 0.3) is 0 Å². The molecule has 2 nitrogen and oxygen atoms in total. The van der Waals surface area contributed by atoms with Gasteiger partial charge in [0.1, 0.15) is 0 Å². The summed E-state index contributed by atoms with van der Waals surface area (Å²) in [4.78, 5) is 0. The summed E-state index contributed by atoms with van der Waals surface area (Å²) in [5, 5.41) is 6.86. The molecule has 72 valence electrons. The molecule has 0 aromatic carbocycles. The van der Waals surface area contributed by atoms with Gasteiger partial charge in [0.2, 0.25) is 0 Å². The van der Waals surface area contributed by atoms with Crippen molar-refractivity contribution in [2.24, 2.45) is 0 Å². The van der Waals surface area contributed by atoms with Gasteiger partial charge in [-0.05, 0) is 25.9 Å². The fraction of sp³-hybridized carbons (Fsp3) is 1.00. The Balaban J connectivity index is 3.04. The molecule has 0 aliphatic heterocycles. The maximum absolute atomic E-state index is 3.43. The van der Waals surface area contributed by atoms with E-state index >= 15 is 0 Å². The van der Waals surface area contributed by atoms with Crippen molar-refractivity contribution in [3.05, 3.63) is 0 Å². The lowest BCUT2D eigenvalue weighted by Crippen LogP contribution is -2.45. The van der Waals surface area contributed by atoms with Gasteiger partial charge in [-0.1, -0.05) is 33.5 Å². The van der Waals surface area contributed by atoms with Crippen LogP contribution in [0.2, 0.25) is 6.82 Å². The molecule has 0 aliphatic carbocycles. The molecular weight excluding hydrogens is 147 g/mol. The van der Waals surface area contributed by atoms with Crippen molar-refractivity contribution < 1.29 is 0 Å². The molecule has 0 rings (SSSR count). The molecule has 0 aromatic heterocycles. The minimum atomic E-state index is 0.475. The van der Waals surface area contributed by atoms with Crippen LogP contribution in [-0.2, 0) is 0 Å². The van der Waals surface area contributed by atoms with Crippen molar-refractivity contribution in [3.63, 3.8) is 0 Å². The Morgan fingerprint density at radius 2 is 1.33 bits per heavy atom. The topological polar surface area (TPSA) is 24.1 Å². The largest absolute Gasteiger partial charge is 0.342 e. The van der Waals surface area contributed by atoms with Gasteiger partial charge in [0.05, 0.1) is 0 Å². The summed E-state index contributed by atoms with van der Waals surface area (Å²) in [5.41, 5.74) is 0. The first-order valence-electron chi connectivity index (χ1n) is 5.28. The quantitative estimate of drug-likeness (QED) is 0.429. The average molecular weight is 170 g/mol. The molecule has 3 heteroatoms. The summed E-state index contributed by atoms with van der Waals surface area (Å²) >= 11 is 0. The predicted molar refractivity (Wildman–Crippen MR) is 57.4 cm³/mol. The standard InChI is InChI=1S/C9H23BN2/c1-4-6-8-11-10(3)12-9-7-5-2/h11-12H,4-9H2,1-3H3. The Kier molecular flexibility index (Phi) is 9.06. The van der Waals surface area contributed by atoms with E-state index in [-0.39, 0.29) is 0 Å². The zero-order valence-corrected chi connectivity index (χ0v) is 8.82. The lowest BCUT2D eigenvalue weighted by atomic mass is 9.80. The van der Waals surface area contributed by atoms with Gasteiger partial charge in [-0.25, -0.2) is 0 Å². The third-order valence-corrected chi connectivity index (χ3v) is 1.96. The first-order valence-corrected chi connectivity index (χ1v) is 5.28. The Hall–Kier alpha value is -0.0151. The highest BCUT2D eigenvalue weighted by molar-refractivity contribution is 6.51. The van der Waals surface area contributed by atoms with Crippen molar-refractivity contribution in [3.8, 4) is 0 Å². The van der Waals surface area contributed by atoms with Crippen LogP contribution in [0.15, 0.2) is 0 Å². The number of rotatable bonds is 8. The SMILES string of the molecule is CCCCNB(C)NCCCC. The maximum Gasteiger partial charge on any atom is 0.301 e. The average Bonchev–Trinajstić information content (AvgIpc) is 2.06. The van der Waals surface area contributed by atoms with E-state index in [0.717, 1.165) is 13.1 Å². The second-order valence-electron chi connectivity index (χ2n) is 3.34. The van der Waals surface area contributed by atoms with Crippen molar-refractivity contribution in [1.29, 1.82) is 0 Å². The summed E-state index contributed by atoms with van der Waals surface area (Å²) in [6, 6.07) is 0. The summed E-state index contributed by atoms with van der Waals surface area (Å²) in [6.07, 6.45) is 5.10. The molecule has 0 aliphatic rings. The summed E-state index contributed by atoms with van der Waals surface area (Å²) in [6.45, 7) is 9.37. The molecular formula is C9H23BN2. The van der Waals surface area contributed by atoms with Crippen molar-refractivity contribution in [2.75, 3.05) is 13.1 Å². The highest BCUT2D eigenvalue weighted by Gasteiger charge is 2.03. The second kappa shape index (κ2) is 9.08. The third kappa shape index (κ3) is 8.09. The van der Waals surface area contributed by atoms with E-state index < -0.39 is 0 Å². The van der Waals surface area contributed by atoms with Crippen LogP contribution in [0.3, 0.4) is 0 Å². The van der Waals surface area contributed by atoms with Crippen molar-refractivity contribution >= 4 is 6.98 Å². The van der Waals surface area contributed by atoms with Crippen LogP contribution in [0, 0.1) is 0 Å². The van der Waals surface area contributed by atoms with Crippen molar-refractivity contribution in [2.45, 2.75) is 46.4 Å². The number of hydrogen-bond donors (Lipinski definition) is 2. The summed E-state index contributed by atoms with van der Waals surface area (Å²) in [5.74, 6) is 0. The van der Waals surface area contributed by atoms with Gasteiger partial charge >= 0.3 is 6.98 Å². The molecule has 0 unspecified atom stereocenters. The molecule has 12 heavy (non-hydrogen) atoms. The molecule has 0 spiro atoms. The fourth-order valence-electron chi connectivity index (χ4n) is 1.06. The molecule has 0 saturated heterocycles. The maximum atomic E-state index is 3.43. The molecule has 0 amide bonds. The molecule has 0 bridgehead atoms. The predicted octanol–water partition coefficient (Wildman–Crippen LogP) is 1.88. The van der Waals surface area contributed by atoms with Crippen LogP contribution < -0.4 is 10.5 Å². The monoisotopic (exact) mass is 170 g/mol. The lowest BCUT2D eigenvalue weighted by Gasteiger charge is -2.10. The number of hydrogen-bond acceptors (Lipinski definition) is 2. The summed E-state index contributed by atoms with van der Waals surface area (Å²) in [7, 11) is 0. The van der Waals surface area contributed by atoms with Crippen LogP contribution >= 0.6 is 0 Å². The molecule has 0 fully saturated rings. The molecule has 0 radical (unpaired) electrons. The van der Waals surface area contributed by atoms with E-state index in [1.165, 1.54) is 25.7 Å². The first-order chi connectivity index (χ1) is 5.81. The van der Waals surface area contributed by atoms with Gasteiger partial charge in [-0.3, -0.25) is 0 Å². The molecule has 2 N–H and O–H groups in total. The van der Waals surface area contributed by atoms with Gasteiger partial charge in [-0.15, -0.1) is 0 Å². The second-order valence-corrected chi connectivity index (χ2v) is 3.34. The van der Waals surface area contributed by atoms with E-state index in [1.807, 2.05) is 0 Å². The van der Waals surface area contributed by atoms with Gasteiger partial charge < -0.3 is 10.5 Å². The molecule has 0 atom stereocenters. The van der Waals surface area contributed by atoms with Crippen LogP contribution in [0.25, 0.3) is 0 Å². The first kappa shape index (κ1) is 12.0. The zero-order valence-electron chi connectivity index (χ0n) is 8.82.